The second kappa shape index (κ2) is 9.26. The topological polar surface area (TPSA) is 142 Å². The number of rotatable bonds is 8. The summed E-state index contributed by atoms with van der Waals surface area (Å²) in [6, 6.07) is 7.15. The molecule has 4 N–H and O–H groups in total. The number of quaternary nitrogens is 1. The molecule has 0 saturated carbocycles. The van der Waals surface area contributed by atoms with Crippen LogP contribution in [0.15, 0.2) is 34.0 Å². The number of carbonyl (C=O) groups is 1. The molecule has 0 bridgehead atoms. The zero-order valence-corrected chi connectivity index (χ0v) is 16.7. The number of hydrogen-bond donors (Lipinski definition) is 3. The Balaban J connectivity index is 1.87. The molecule has 3 aromatic rings. The van der Waals surface area contributed by atoms with Gasteiger partial charge in [-0.2, -0.15) is 9.78 Å². The third-order valence-electron chi connectivity index (χ3n) is 4.37. The predicted molar refractivity (Wildman–Crippen MR) is 106 cm³/mol. The zero-order chi connectivity index (χ0) is 20.8. The molecule has 0 aliphatic heterocycles. The molecule has 0 aliphatic rings. The first-order valence-electron chi connectivity index (χ1n) is 8.99. The highest BCUT2D eigenvalue weighted by Crippen LogP contribution is 2.15. The Kier molecular flexibility index (Phi) is 6.52. The molecule has 0 saturated heterocycles. The van der Waals surface area contributed by atoms with Gasteiger partial charge in [0, 0.05) is 10.6 Å². The van der Waals surface area contributed by atoms with Gasteiger partial charge in [-0.1, -0.05) is 35.0 Å². The molecule has 2 heterocycles. The van der Waals surface area contributed by atoms with Gasteiger partial charge in [-0.25, -0.2) is 10.1 Å². The number of hydrazone groups is 1. The van der Waals surface area contributed by atoms with Gasteiger partial charge in [0.2, 0.25) is 11.6 Å². The van der Waals surface area contributed by atoms with Crippen molar-refractivity contribution in [2.24, 2.45) is 5.10 Å². The summed E-state index contributed by atoms with van der Waals surface area (Å²) >= 11 is 6.08. The first kappa shape index (κ1) is 20.4. The summed E-state index contributed by atoms with van der Waals surface area (Å²) in [4.78, 5) is 13.9. The average molecular weight is 419 g/mol. The van der Waals surface area contributed by atoms with Gasteiger partial charge in [0.05, 0.1) is 19.3 Å². The van der Waals surface area contributed by atoms with Gasteiger partial charge in [0.1, 0.15) is 12.2 Å². The smallest absolute Gasteiger partial charge is 0.294 e. The van der Waals surface area contributed by atoms with E-state index >= 15 is 0 Å². The molecule has 152 valence electrons. The summed E-state index contributed by atoms with van der Waals surface area (Å²) < 4.78 is 6.02. The molecule has 2 aromatic heterocycles. The predicted octanol–water partition coefficient (Wildman–Crippen LogP) is 0.0745. The number of anilines is 1. The van der Waals surface area contributed by atoms with Gasteiger partial charge in [0.15, 0.2) is 5.69 Å². The highest BCUT2D eigenvalue weighted by atomic mass is 35.5. The molecule has 0 atom stereocenters. The van der Waals surface area contributed by atoms with Crippen LogP contribution in [0.5, 0.6) is 0 Å². The standard InChI is InChI=1S/C17H20ClN9O2/c1-3-26(4-2)10-13-14(21-25-27(13)16-15(19)23-29-24-16)17(28)22-20-9-11-7-5-6-8-12(11)18/h5-9H,3-4,10H2,1-2H3,(H2,19,23)(H,22,28)/p+1. The maximum absolute atomic E-state index is 12.7. The van der Waals surface area contributed by atoms with Crippen LogP contribution in [0.2, 0.25) is 5.02 Å². The fraction of sp³-hybridized carbons (Fsp3) is 0.294. The Bertz CT molecular complexity index is 1010. The minimum Gasteiger partial charge on any atom is -0.378 e. The van der Waals surface area contributed by atoms with Gasteiger partial charge in [-0.3, -0.25) is 4.79 Å². The summed E-state index contributed by atoms with van der Waals surface area (Å²) in [6.45, 7) is 6.27. The summed E-state index contributed by atoms with van der Waals surface area (Å²) in [5.74, 6) is -0.289. The summed E-state index contributed by atoms with van der Waals surface area (Å²) in [5.41, 5.74) is 9.55. The summed E-state index contributed by atoms with van der Waals surface area (Å²) in [5, 5.41) is 19.8. The first-order chi connectivity index (χ1) is 14.0. The Morgan fingerprint density at radius 1 is 1.34 bits per heavy atom. The van der Waals surface area contributed by atoms with Crippen LogP contribution in [0.4, 0.5) is 5.82 Å². The molecular weight excluding hydrogens is 398 g/mol. The minimum atomic E-state index is -0.517. The lowest BCUT2D eigenvalue weighted by molar-refractivity contribution is -0.910. The van der Waals surface area contributed by atoms with Crippen molar-refractivity contribution in [3.63, 3.8) is 0 Å². The molecule has 12 heteroatoms. The molecular formula is C17H21ClN9O2+. The normalized spacial score (nSPS) is 11.4. The van der Waals surface area contributed by atoms with Gasteiger partial charge in [-0.05, 0) is 30.2 Å². The number of carbonyl (C=O) groups excluding carboxylic acids is 1. The Morgan fingerprint density at radius 2 is 2.10 bits per heavy atom. The van der Waals surface area contributed by atoms with Gasteiger partial charge < -0.3 is 10.6 Å². The monoisotopic (exact) mass is 418 g/mol. The van der Waals surface area contributed by atoms with Crippen molar-refractivity contribution in [3.8, 4) is 5.82 Å². The van der Waals surface area contributed by atoms with Crippen molar-refractivity contribution in [3.05, 3.63) is 46.2 Å². The van der Waals surface area contributed by atoms with Crippen LogP contribution in [0, 0.1) is 0 Å². The third kappa shape index (κ3) is 4.58. The van der Waals surface area contributed by atoms with Crippen molar-refractivity contribution < 1.29 is 14.3 Å². The first-order valence-corrected chi connectivity index (χ1v) is 9.37. The molecule has 0 aliphatic carbocycles. The van der Waals surface area contributed by atoms with Crippen LogP contribution >= 0.6 is 11.6 Å². The molecule has 0 radical (unpaired) electrons. The maximum atomic E-state index is 12.7. The number of nitrogen functional groups attached to an aromatic ring is 1. The summed E-state index contributed by atoms with van der Waals surface area (Å²) in [6.07, 6.45) is 1.46. The lowest BCUT2D eigenvalue weighted by atomic mass is 10.2. The van der Waals surface area contributed by atoms with E-state index in [1.54, 1.807) is 12.1 Å². The SMILES string of the molecule is CC[NH+](CC)Cc1c(C(=O)NN=Cc2ccccc2Cl)nnn1-c1nonc1N. The second-order valence-electron chi connectivity index (χ2n) is 6.12. The van der Waals surface area contributed by atoms with Crippen molar-refractivity contribution in [2.45, 2.75) is 20.4 Å². The van der Waals surface area contributed by atoms with Crippen LogP contribution < -0.4 is 16.1 Å². The molecule has 1 amide bonds. The number of halogens is 1. The maximum Gasteiger partial charge on any atom is 0.294 e. The number of aromatic nitrogens is 5. The van der Waals surface area contributed by atoms with E-state index in [9.17, 15) is 4.79 Å². The van der Waals surface area contributed by atoms with Crippen LogP contribution in [-0.2, 0) is 6.54 Å². The molecule has 29 heavy (non-hydrogen) atoms. The van der Waals surface area contributed by atoms with Crippen molar-refractivity contribution >= 4 is 29.5 Å². The average Bonchev–Trinajstić information content (AvgIpc) is 3.33. The summed E-state index contributed by atoms with van der Waals surface area (Å²) in [7, 11) is 0. The molecule has 3 rings (SSSR count). The van der Waals surface area contributed by atoms with Crippen LogP contribution in [0.1, 0.15) is 35.6 Å². The second-order valence-corrected chi connectivity index (χ2v) is 6.53. The Morgan fingerprint density at radius 3 is 2.76 bits per heavy atom. The van der Waals surface area contributed by atoms with Gasteiger partial charge >= 0.3 is 0 Å². The lowest BCUT2D eigenvalue weighted by Gasteiger charge is -2.15. The van der Waals surface area contributed by atoms with E-state index in [1.807, 2.05) is 26.0 Å². The molecule has 0 fully saturated rings. The van der Waals surface area contributed by atoms with Crippen LogP contribution in [0.25, 0.3) is 5.82 Å². The van der Waals surface area contributed by atoms with Crippen molar-refractivity contribution in [1.29, 1.82) is 0 Å². The minimum absolute atomic E-state index is 0.0504. The number of nitrogens with one attached hydrogen (secondary N) is 2. The van der Waals surface area contributed by atoms with E-state index in [2.05, 4.69) is 35.8 Å². The number of hydrogen-bond acceptors (Lipinski definition) is 8. The fourth-order valence-corrected chi connectivity index (χ4v) is 2.86. The Hall–Kier alpha value is -3.31. The van der Waals surface area contributed by atoms with Crippen LogP contribution in [0.3, 0.4) is 0 Å². The Labute approximate surface area is 171 Å². The van der Waals surface area contributed by atoms with Crippen LogP contribution in [-0.4, -0.2) is 50.5 Å². The number of amides is 1. The number of nitrogens with two attached hydrogens (primary N) is 1. The highest BCUT2D eigenvalue weighted by Gasteiger charge is 2.26. The van der Waals surface area contributed by atoms with E-state index in [-0.39, 0.29) is 17.3 Å². The molecule has 1 aromatic carbocycles. The van der Waals surface area contributed by atoms with E-state index in [0.717, 1.165) is 13.1 Å². The van der Waals surface area contributed by atoms with E-state index in [1.165, 1.54) is 15.8 Å². The van der Waals surface area contributed by atoms with Crippen molar-refractivity contribution in [1.82, 2.24) is 30.7 Å². The zero-order valence-electron chi connectivity index (χ0n) is 16.0. The number of nitrogens with zero attached hydrogens (tertiary/aromatic N) is 6. The van der Waals surface area contributed by atoms with Gasteiger partial charge in [0.25, 0.3) is 5.91 Å². The van der Waals surface area contributed by atoms with E-state index < -0.39 is 5.91 Å². The largest absolute Gasteiger partial charge is 0.378 e. The molecule has 0 unspecified atom stereocenters. The molecule has 11 nitrogen and oxygen atoms in total. The van der Waals surface area contributed by atoms with Gasteiger partial charge in [-0.15, -0.1) is 5.10 Å². The highest BCUT2D eigenvalue weighted by molar-refractivity contribution is 6.33. The molecule has 0 spiro atoms. The lowest BCUT2D eigenvalue weighted by Crippen LogP contribution is -3.10. The quantitative estimate of drug-likeness (QED) is 0.347. The fourth-order valence-electron chi connectivity index (χ4n) is 2.67. The van der Waals surface area contributed by atoms with E-state index in [0.29, 0.717) is 22.8 Å². The number of benzene rings is 1. The van der Waals surface area contributed by atoms with Crippen molar-refractivity contribution in [2.75, 3.05) is 18.8 Å². The third-order valence-corrected chi connectivity index (χ3v) is 4.71. The van der Waals surface area contributed by atoms with E-state index in [4.69, 9.17) is 17.3 Å².